The monoisotopic (exact) mass is 269 g/mol. The van der Waals surface area contributed by atoms with E-state index in [9.17, 15) is 17.8 Å². The highest BCUT2D eigenvalue weighted by molar-refractivity contribution is 7.86. The Morgan fingerprint density at radius 3 is 2.39 bits per heavy atom. The minimum atomic E-state index is -4.40. The second-order valence-electron chi connectivity index (χ2n) is 3.85. The number of carbonyl (C=O) groups excluding carboxylic acids is 1. The van der Waals surface area contributed by atoms with E-state index < -0.39 is 27.3 Å². The molecule has 1 rings (SSSR count). The average molecular weight is 269 g/mol. The van der Waals surface area contributed by atoms with Crippen molar-refractivity contribution >= 4 is 16.0 Å². The third-order valence-electron chi connectivity index (χ3n) is 2.57. The minimum Gasteiger partial charge on any atom is -0.333 e. The quantitative estimate of drug-likeness (QED) is 0.623. The van der Waals surface area contributed by atoms with E-state index >= 15 is 0 Å². The fourth-order valence-corrected chi connectivity index (χ4v) is 2.53. The van der Waals surface area contributed by atoms with E-state index in [0.717, 1.165) is 6.08 Å². The first kappa shape index (κ1) is 14.4. The van der Waals surface area contributed by atoms with Gasteiger partial charge in [-0.05, 0) is 11.6 Å². The molecule has 0 saturated heterocycles. The van der Waals surface area contributed by atoms with E-state index in [1.165, 1.54) is 0 Å². The van der Waals surface area contributed by atoms with Gasteiger partial charge in [-0.3, -0.25) is 9.35 Å². The number of rotatable bonds is 5. The molecule has 2 unspecified atom stereocenters. The van der Waals surface area contributed by atoms with E-state index in [0.29, 0.717) is 5.56 Å². The van der Waals surface area contributed by atoms with E-state index in [-0.39, 0.29) is 0 Å². The Labute approximate surface area is 106 Å². The summed E-state index contributed by atoms with van der Waals surface area (Å²) in [5.41, 5.74) is 0.699. The molecule has 2 atom stereocenters. The van der Waals surface area contributed by atoms with Gasteiger partial charge in [-0.1, -0.05) is 43.8 Å². The van der Waals surface area contributed by atoms with Crippen LogP contribution in [0.1, 0.15) is 18.4 Å². The smallest absolute Gasteiger partial charge is 0.286 e. The van der Waals surface area contributed by atoms with Crippen LogP contribution in [0.4, 0.5) is 0 Å². The summed E-state index contributed by atoms with van der Waals surface area (Å²) in [4.78, 5) is 11.2. The van der Waals surface area contributed by atoms with Gasteiger partial charge in [0.2, 0.25) is 5.91 Å². The van der Waals surface area contributed by atoms with Crippen molar-refractivity contribution in [2.24, 2.45) is 0 Å². The van der Waals surface area contributed by atoms with Crippen molar-refractivity contribution in [2.75, 3.05) is 0 Å². The maximum atomic E-state index is 11.3. The molecule has 0 aliphatic carbocycles. The van der Waals surface area contributed by atoms with Crippen molar-refractivity contribution in [2.45, 2.75) is 18.2 Å². The van der Waals surface area contributed by atoms with Gasteiger partial charge in [0.25, 0.3) is 10.1 Å². The molecule has 2 N–H and O–H groups in total. The van der Waals surface area contributed by atoms with Crippen LogP contribution in [0.25, 0.3) is 0 Å². The van der Waals surface area contributed by atoms with Crippen LogP contribution < -0.4 is 5.32 Å². The van der Waals surface area contributed by atoms with Crippen LogP contribution in [-0.2, 0) is 14.9 Å². The lowest BCUT2D eigenvalue weighted by atomic mass is 10.0. The highest BCUT2D eigenvalue weighted by Gasteiger charge is 2.31. The van der Waals surface area contributed by atoms with Gasteiger partial charge in [0, 0.05) is 5.92 Å². The van der Waals surface area contributed by atoms with Gasteiger partial charge in [-0.15, -0.1) is 0 Å². The lowest BCUT2D eigenvalue weighted by Gasteiger charge is -2.22. The average Bonchev–Trinajstić information content (AvgIpc) is 2.34. The molecule has 0 bridgehead atoms. The summed E-state index contributed by atoms with van der Waals surface area (Å²) in [7, 11) is -4.40. The number of carbonyl (C=O) groups is 1. The van der Waals surface area contributed by atoms with Crippen LogP contribution in [0.3, 0.4) is 0 Å². The molecule has 0 aliphatic heterocycles. The molecule has 0 aromatic heterocycles. The molecule has 18 heavy (non-hydrogen) atoms. The largest absolute Gasteiger partial charge is 0.333 e. The first-order valence-corrected chi connectivity index (χ1v) is 6.80. The second-order valence-corrected chi connectivity index (χ2v) is 5.39. The summed E-state index contributed by atoms with van der Waals surface area (Å²) < 4.78 is 31.8. The third-order valence-corrected chi connectivity index (χ3v) is 3.74. The Morgan fingerprint density at radius 2 is 1.94 bits per heavy atom. The van der Waals surface area contributed by atoms with E-state index in [1.807, 2.05) is 0 Å². The molecule has 98 valence electrons. The molecule has 5 nitrogen and oxygen atoms in total. The van der Waals surface area contributed by atoms with Crippen molar-refractivity contribution in [3.05, 3.63) is 48.6 Å². The maximum absolute atomic E-state index is 11.3. The van der Waals surface area contributed by atoms with Crippen molar-refractivity contribution in [1.82, 2.24) is 5.32 Å². The number of nitrogens with one attached hydrogen (secondary N) is 1. The predicted octanol–water partition coefficient (Wildman–Crippen LogP) is 1.31. The molecule has 1 amide bonds. The molecular formula is C12H15NO4S. The maximum Gasteiger partial charge on any atom is 0.286 e. The molecular weight excluding hydrogens is 254 g/mol. The SMILES string of the molecule is C=CC(=O)NC(C(C)c1ccccc1)S(=O)(=O)O. The van der Waals surface area contributed by atoms with Crippen LogP contribution in [-0.4, -0.2) is 24.3 Å². The zero-order valence-electron chi connectivity index (χ0n) is 9.91. The Hall–Kier alpha value is -1.66. The number of hydrogen-bond donors (Lipinski definition) is 2. The molecule has 0 fully saturated rings. The van der Waals surface area contributed by atoms with Gasteiger partial charge in [0.15, 0.2) is 5.37 Å². The van der Waals surface area contributed by atoms with Crippen molar-refractivity contribution in [3.63, 3.8) is 0 Å². The first-order valence-electron chi connectivity index (χ1n) is 5.30. The second kappa shape index (κ2) is 5.79. The molecule has 0 saturated carbocycles. The fraction of sp³-hybridized carbons (Fsp3) is 0.250. The third kappa shape index (κ3) is 3.68. The van der Waals surface area contributed by atoms with Crippen LogP contribution in [0.5, 0.6) is 0 Å². The van der Waals surface area contributed by atoms with Crippen LogP contribution in [0.15, 0.2) is 43.0 Å². The standard InChI is InChI=1S/C12H15NO4S/c1-3-11(14)13-12(18(15,16)17)9(2)10-7-5-4-6-8-10/h3-9,12H,1H2,2H3,(H,13,14)(H,15,16,17). The summed E-state index contributed by atoms with van der Waals surface area (Å²) in [5, 5.41) is 0.812. The van der Waals surface area contributed by atoms with Gasteiger partial charge >= 0.3 is 0 Å². The number of hydrogen-bond acceptors (Lipinski definition) is 3. The molecule has 1 aromatic carbocycles. The fourth-order valence-electron chi connectivity index (χ4n) is 1.59. The zero-order valence-corrected chi connectivity index (χ0v) is 10.7. The van der Waals surface area contributed by atoms with Crippen LogP contribution in [0.2, 0.25) is 0 Å². The van der Waals surface area contributed by atoms with Crippen molar-refractivity contribution in [3.8, 4) is 0 Å². The highest BCUT2D eigenvalue weighted by atomic mass is 32.2. The van der Waals surface area contributed by atoms with Gasteiger partial charge < -0.3 is 5.32 Å². The van der Waals surface area contributed by atoms with Crippen LogP contribution in [0, 0.1) is 0 Å². The summed E-state index contributed by atoms with van der Waals surface area (Å²) in [6.07, 6.45) is 0.954. The first-order chi connectivity index (χ1) is 8.36. The topological polar surface area (TPSA) is 83.5 Å². The number of benzene rings is 1. The molecule has 0 heterocycles. The molecule has 6 heteroatoms. The Bertz CT molecular complexity index is 524. The van der Waals surface area contributed by atoms with E-state index in [2.05, 4.69) is 11.9 Å². The zero-order chi connectivity index (χ0) is 13.8. The normalized spacial score (nSPS) is 14.6. The van der Waals surface area contributed by atoms with E-state index in [4.69, 9.17) is 0 Å². The molecule has 0 aliphatic rings. The summed E-state index contributed by atoms with van der Waals surface area (Å²) >= 11 is 0. The van der Waals surface area contributed by atoms with Gasteiger partial charge in [-0.2, -0.15) is 8.42 Å². The Morgan fingerprint density at radius 1 is 1.39 bits per heavy atom. The Kier molecular flexibility index (Phi) is 4.63. The van der Waals surface area contributed by atoms with E-state index in [1.54, 1.807) is 37.3 Å². The summed E-state index contributed by atoms with van der Waals surface area (Å²) in [6.45, 7) is 4.85. The van der Waals surface area contributed by atoms with Crippen molar-refractivity contribution < 1.29 is 17.8 Å². The summed E-state index contributed by atoms with van der Waals surface area (Å²) in [6, 6.07) is 8.75. The van der Waals surface area contributed by atoms with Gasteiger partial charge in [0.1, 0.15) is 0 Å². The lowest BCUT2D eigenvalue weighted by Crippen LogP contribution is -2.43. The molecule has 0 radical (unpaired) electrons. The van der Waals surface area contributed by atoms with Crippen molar-refractivity contribution in [1.29, 1.82) is 0 Å². The Balaban J connectivity index is 3.04. The molecule has 0 spiro atoms. The van der Waals surface area contributed by atoms with Gasteiger partial charge in [-0.25, -0.2) is 0 Å². The predicted molar refractivity (Wildman–Crippen MR) is 68.5 cm³/mol. The minimum absolute atomic E-state index is 0.579. The molecule has 1 aromatic rings. The number of amides is 1. The summed E-state index contributed by atoms with van der Waals surface area (Å²) in [5.74, 6) is -1.23. The lowest BCUT2D eigenvalue weighted by molar-refractivity contribution is -0.116. The highest BCUT2D eigenvalue weighted by Crippen LogP contribution is 2.21. The van der Waals surface area contributed by atoms with Gasteiger partial charge in [0.05, 0.1) is 0 Å². The van der Waals surface area contributed by atoms with Crippen LogP contribution >= 0.6 is 0 Å².